The Morgan fingerprint density at radius 2 is 2.24 bits per heavy atom. The van der Waals surface area contributed by atoms with Crippen LogP contribution in [0.2, 0.25) is 0 Å². The second kappa shape index (κ2) is 6.74. The van der Waals surface area contributed by atoms with E-state index < -0.39 is 5.97 Å². The van der Waals surface area contributed by atoms with E-state index in [2.05, 4.69) is 10.1 Å². The van der Waals surface area contributed by atoms with E-state index in [9.17, 15) is 4.79 Å². The van der Waals surface area contributed by atoms with Crippen molar-refractivity contribution >= 4 is 11.7 Å². The van der Waals surface area contributed by atoms with Crippen molar-refractivity contribution in [2.45, 2.75) is 26.5 Å². The van der Waals surface area contributed by atoms with Gasteiger partial charge in [0.25, 0.3) is 0 Å². The fourth-order valence-electron chi connectivity index (χ4n) is 1.87. The number of rotatable bonds is 6. The Morgan fingerprint density at radius 1 is 1.43 bits per heavy atom. The van der Waals surface area contributed by atoms with Gasteiger partial charge in [0.1, 0.15) is 12.1 Å². The van der Waals surface area contributed by atoms with Crippen molar-refractivity contribution in [3.05, 3.63) is 35.9 Å². The standard InChI is InChI=1S/C14H18N4O3/c1-3-6-18-13(16-9-17-18)8-21-14(19)10-4-5-12(20-2)11(15)7-10/h4-5,7,9H,3,6,8,15H2,1-2H3. The second-order valence-corrected chi connectivity index (χ2v) is 4.43. The van der Waals surface area contributed by atoms with Crippen molar-refractivity contribution in [3.63, 3.8) is 0 Å². The lowest BCUT2D eigenvalue weighted by molar-refractivity contribution is 0.0456. The summed E-state index contributed by atoms with van der Waals surface area (Å²) in [5, 5.41) is 4.07. The molecule has 0 saturated heterocycles. The molecule has 0 bridgehead atoms. The van der Waals surface area contributed by atoms with Gasteiger partial charge in [-0.05, 0) is 24.6 Å². The second-order valence-electron chi connectivity index (χ2n) is 4.43. The van der Waals surface area contributed by atoms with Crippen LogP contribution >= 0.6 is 0 Å². The number of benzene rings is 1. The quantitative estimate of drug-likeness (QED) is 0.642. The van der Waals surface area contributed by atoms with Crippen molar-refractivity contribution in [1.29, 1.82) is 0 Å². The molecule has 0 spiro atoms. The molecule has 2 aromatic rings. The minimum Gasteiger partial charge on any atom is -0.495 e. The molecule has 0 aliphatic rings. The van der Waals surface area contributed by atoms with Crippen LogP contribution in [0, 0.1) is 0 Å². The van der Waals surface area contributed by atoms with Gasteiger partial charge >= 0.3 is 5.97 Å². The number of hydrogen-bond acceptors (Lipinski definition) is 6. The van der Waals surface area contributed by atoms with E-state index in [1.807, 2.05) is 6.92 Å². The van der Waals surface area contributed by atoms with E-state index in [1.165, 1.54) is 19.5 Å². The number of nitrogens with two attached hydrogens (primary N) is 1. The minimum absolute atomic E-state index is 0.0742. The van der Waals surface area contributed by atoms with Gasteiger partial charge in [-0.2, -0.15) is 5.10 Å². The number of nitrogens with zero attached hydrogens (tertiary/aromatic N) is 3. The number of methoxy groups -OCH3 is 1. The highest BCUT2D eigenvalue weighted by Gasteiger charge is 2.12. The monoisotopic (exact) mass is 290 g/mol. The van der Waals surface area contributed by atoms with Crippen molar-refractivity contribution in [1.82, 2.24) is 14.8 Å². The molecule has 0 unspecified atom stereocenters. The Labute approximate surface area is 122 Å². The molecule has 2 rings (SSSR count). The first-order chi connectivity index (χ1) is 10.2. The molecule has 21 heavy (non-hydrogen) atoms. The van der Waals surface area contributed by atoms with Crippen LogP contribution in [0.3, 0.4) is 0 Å². The molecule has 0 aliphatic heterocycles. The molecule has 0 saturated carbocycles. The molecule has 2 N–H and O–H groups in total. The number of carbonyl (C=O) groups is 1. The third-order valence-corrected chi connectivity index (χ3v) is 2.93. The zero-order valence-electron chi connectivity index (χ0n) is 12.1. The van der Waals surface area contributed by atoms with Crippen LogP contribution in [0.1, 0.15) is 29.5 Å². The highest BCUT2D eigenvalue weighted by Crippen LogP contribution is 2.22. The fraction of sp³-hybridized carbons (Fsp3) is 0.357. The van der Waals surface area contributed by atoms with Gasteiger partial charge in [0.2, 0.25) is 0 Å². The Kier molecular flexibility index (Phi) is 4.76. The summed E-state index contributed by atoms with van der Waals surface area (Å²) in [6.45, 7) is 2.85. The lowest BCUT2D eigenvalue weighted by Gasteiger charge is -2.08. The zero-order valence-corrected chi connectivity index (χ0v) is 12.1. The number of aryl methyl sites for hydroxylation is 1. The smallest absolute Gasteiger partial charge is 0.338 e. The normalized spacial score (nSPS) is 10.4. The molecule has 0 radical (unpaired) electrons. The van der Waals surface area contributed by atoms with Gasteiger partial charge in [-0.3, -0.25) is 0 Å². The summed E-state index contributed by atoms with van der Waals surface area (Å²) in [5.41, 5.74) is 6.52. The van der Waals surface area contributed by atoms with Crippen molar-refractivity contribution in [2.75, 3.05) is 12.8 Å². The van der Waals surface area contributed by atoms with Gasteiger partial charge in [-0.15, -0.1) is 0 Å². The van der Waals surface area contributed by atoms with Gasteiger partial charge in [0.15, 0.2) is 12.4 Å². The fourth-order valence-corrected chi connectivity index (χ4v) is 1.87. The third kappa shape index (κ3) is 3.50. The summed E-state index contributed by atoms with van der Waals surface area (Å²) in [6.07, 6.45) is 2.38. The maximum absolute atomic E-state index is 12.0. The first-order valence-corrected chi connectivity index (χ1v) is 6.63. The number of anilines is 1. The first kappa shape index (κ1) is 14.8. The number of hydrogen-bond donors (Lipinski definition) is 1. The van der Waals surface area contributed by atoms with Crippen molar-refractivity contribution in [3.8, 4) is 5.75 Å². The van der Waals surface area contributed by atoms with Gasteiger partial charge in [-0.1, -0.05) is 6.92 Å². The molecule has 0 atom stereocenters. The van der Waals surface area contributed by atoms with E-state index in [-0.39, 0.29) is 6.61 Å². The van der Waals surface area contributed by atoms with E-state index in [0.29, 0.717) is 22.8 Å². The van der Waals surface area contributed by atoms with Crippen LogP contribution in [0.4, 0.5) is 5.69 Å². The molecule has 1 heterocycles. The van der Waals surface area contributed by atoms with Crippen LogP contribution in [-0.4, -0.2) is 27.8 Å². The van der Waals surface area contributed by atoms with Crippen LogP contribution in [0.15, 0.2) is 24.5 Å². The molecule has 112 valence electrons. The van der Waals surface area contributed by atoms with Gasteiger partial charge in [-0.25, -0.2) is 14.5 Å². The van der Waals surface area contributed by atoms with Crippen molar-refractivity contribution in [2.24, 2.45) is 0 Å². The number of esters is 1. The molecular formula is C14H18N4O3. The summed E-state index contributed by atoms with van der Waals surface area (Å²) in [4.78, 5) is 16.1. The van der Waals surface area contributed by atoms with E-state index in [1.54, 1.807) is 16.8 Å². The predicted octanol–water partition coefficient (Wildman–Crippen LogP) is 1.64. The average Bonchev–Trinajstić information content (AvgIpc) is 2.92. The van der Waals surface area contributed by atoms with Gasteiger partial charge in [0.05, 0.1) is 18.4 Å². The molecule has 7 heteroatoms. The van der Waals surface area contributed by atoms with Gasteiger partial charge < -0.3 is 15.2 Å². The largest absolute Gasteiger partial charge is 0.495 e. The van der Waals surface area contributed by atoms with E-state index in [4.69, 9.17) is 15.2 Å². The minimum atomic E-state index is -0.463. The molecule has 7 nitrogen and oxygen atoms in total. The average molecular weight is 290 g/mol. The van der Waals surface area contributed by atoms with Crippen molar-refractivity contribution < 1.29 is 14.3 Å². The lowest BCUT2D eigenvalue weighted by Crippen LogP contribution is -2.11. The zero-order chi connectivity index (χ0) is 15.2. The summed E-state index contributed by atoms with van der Waals surface area (Å²) in [7, 11) is 1.52. The Hall–Kier alpha value is -2.57. The van der Waals surface area contributed by atoms with E-state index in [0.717, 1.165) is 13.0 Å². The molecule has 0 fully saturated rings. The first-order valence-electron chi connectivity index (χ1n) is 6.63. The molecule has 0 aliphatic carbocycles. The molecule has 0 amide bonds. The summed E-state index contributed by atoms with van der Waals surface area (Å²) >= 11 is 0. The number of aromatic nitrogens is 3. The highest BCUT2D eigenvalue weighted by atomic mass is 16.5. The SMILES string of the molecule is CCCn1ncnc1COC(=O)c1ccc(OC)c(N)c1. The summed E-state index contributed by atoms with van der Waals surface area (Å²) < 4.78 is 12.0. The van der Waals surface area contributed by atoms with Crippen LogP contribution in [0.25, 0.3) is 0 Å². The van der Waals surface area contributed by atoms with Crippen LogP contribution in [-0.2, 0) is 17.9 Å². The lowest BCUT2D eigenvalue weighted by atomic mass is 10.2. The summed E-state index contributed by atoms with van der Waals surface area (Å²) in [5.74, 6) is 0.677. The molecule has 1 aromatic heterocycles. The maximum atomic E-state index is 12.0. The van der Waals surface area contributed by atoms with Crippen LogP contribution in [0.5, 0.6) is 5.75 Å². The Morgan fingerprint density at radius 3 is 2.90 bits per heavy atom. The number of nitrogen functional groups attached to an aromatic ring is 1. The summed E-state index contributed by atoms with van der Waals surface area (Å²) in [6, 6.07) is 4.76. The third-order valence-electron chi connectivity index (χ3n) is 2.93. The van der Waals surface area contributed by atoms with E-state index >= 15 is 0 Å². The molecule has 1 aromatic carbocycles. The predicted molar refractivity (Wildman–Crippen MR) is 76.8 cm³/mol. The number of carbonyl (C=O) groups excluding carboxylic acids is 1. The molecular weight excluding hydrogens is 272 g/mol. The van der Waals surface area contributed by atoms with Crippen LogP contribution < -0.4 is 10.5 Å². The Balaban J connectivity index is 2.01. The maximum Gasteiger partial charge on any atom is 0.338 e. The highest BCUT2D eigenvalue weighted by molar-refractivity contribution is 5.91. The number of ether oxygens (including phenoxy) is 2. The van der Waals surface area contributed by atoms with Gasteiger partial charge in [0, 0.05) is 6.54 Å². The topological polar surface area (TPSA) is 92.3 Å². The Bertz CT molecular complexity index is 624.